The van der Waals surface area contributed by atoms with Crippen LogP contribution >= 0.6 is 0 Å². The molecular weight excluding hydrogens is 246 g/mol. The Kier molecular flexibility index (Phi) is 4.42. The Bertz CT molecular complexity index is 362. The van der Waals surface area contributed by atoms with Gasteiger partial charge < -0.3 is 14.4 Å². The van der Waals surface area contributed by atoms with E-state index in [0.717, 1.165) is 38.1 Å². The van der Waals surface area contributed by atoms with Gasteiger partial charge >= 0.3 is 6.09 Å². The van der Waals surface area contributed by atoms with Gasteiger partial charge in [0.05, 0.1) is 24.0 Å². The van der Waals surface area contributed by atoms with Gasteiger partial charge in [-0.3, -0.25) is 0 Å². The average Bonchev–Trinajstić information content (AvgIpc) is 2.68. The van der Waals surface area contributed by atoms with Gasteiger partial charge in [0.2, 0.25) is 0 Å². The molecule has 0 bridgehead atoms. The van der Waals surface area contributed by atoms with E-state index in [-0.39, 0.29) is 11.7 Å². The summed E-state index contributed by atoms with van der Waals surface area (Å²) < 4.78 is 10.9. The van der Waals surface area contributed by atoms with E-state index < -0.39 is 6.09 Å². The van der Waals surface area contributed by atoms with Crippen LogP contribution in [-0.2, 0) is 9.47 Å². The van der Waals surface area contributed by atoms with Gasteiger partial charge in [-0.1, -0.05) is 0 Å². The van der Waals surface area contributed by atoms with Gasteiger partial charge in [0.25, 0.3) is 0 Å². The third-order valence-corrected chi connectivity index (χ3v) is 3.86. The fourth-order valence-electron chi connectivity index (χ4n) is 2.69. The smallest absolute Gasteiger partial charge is 0.427 e. The molecule has 2 fully saturated rings. The van der Waals surface area contributed by atoms with Crippen molar-refractivity contribution in [3.8, 4) is 0 Å². The van der Waals surface area contributed by atoms with Crippen LogP contribution in [0.2, 0.25) is 0 Å². The molecule has 1 atom stereocenters. The summed E-state index contributed by atoms with van der Waals surface area (Å²) in [4.78, 5) is 13.5. The minimum absolute atomic E-state index is 0.0367. The lowest BCUT2D eigenvalue weighted by molar-refractivity contribution is -0.0656. The standard InChI is InChI=1S/C13H23N3O3/c1-4-18-12(17)15-14-11-9-13(19-10(11)2)5-7-16(3)8-6-13/h10H,4-9H2,1-3H3,(H,15,17). The number of hydrogen-bond acceptors (Lipinski definition) is 5. The van der Waals surface area contributed by atoms with Crippen LogP contribution in [0.15, 0.2) is 5.10 Å². The summed E-state index contributed by atoms with van der Waals surface area (Å²) in [5, 5.41) is 4.14. The van der Waals surface area contributed by atoms with Crippen LogP contribution in [0.5, 0.6) is 0 Å². The largest absolute Gasteiger partial charge is 0.449 e. The number of amides is 1. The SMILES string of the molecule is CCOC(=O)NN=C1CC2(CCN(C)CC2)OC1C. The number of nitrogens with zero attached hydrogens (tertiary/aromatic N) is 2. The number of nitrogens with one attached hydrogen (secondary N) is 1. The van der Waals surface area contributed by atoms with E-state index in [4.69, 9.17) is 9.47 Å². The molecule has 0 aromatic heterocycles. The maximum atomic E-state index is 11.2. The van der Waals surface area contributed by atoms with Crippen LogP contribution in [0.4, 0.5) is 4.79 Å². The van der Waals surface area contributed by atoms with Crippen molar-refractivity contribution in [2.45, 2.75) is 44.8 Å². The van der Waals surface area contributed by atoms with Gasteiger partial charge in [-0.25, -0.2) is 10.2 Å². The van der Waals surface area contributed by atoms with E-state index in [1.54, 1.807) is 6.92 Å². The van der Waals surface area contributed by atoms with Gasteiger partial charge in [-0.15, -0.1) is 0 Å². The van der Waals surface area contributed by atoms with Crippen molar-refractivity contribution in [3.63, 3.8) is 0 Å². The quantitative estimate of drug-likeness (QED) is 0.769. The predicted octanol–water partition coefficient (Wildman–Crippen LogP) is 1.36. The summed E-state index contributed by atoms with van der Waals surface area (Å²) in [7, 11) is 2.13. The van der Waals surface area contributed by atoms with Crippen molar-refractivity contribution in [1.82, 2.24) is 10.3 Å². The lowest BCUT2D eigenvalue weighted by Gasteiger charge is -2.36. The zero-order valence-electron chi connectivity index (χ0n) is 11.9. The van der Waals surface area contributed by atoms with Crippen LogP contribution in [0, 0.1) is 0 Å². The Morgan fingerprint density at radius 3 is 2.89 bits per heavy atom. The number of carbonyl (C=O) groups excluding carboxylic acids is 1. The highest BCUT2D eigenvalue weighted by Gasteiger charge is 2.44. The van der Waals surface area contributed by atoms with Crippen molar-refractivity contribution >= 4 is 11.8 Å². The highest BCUT2D eigenvalue weighted by atomic mass is 16.6. The molecule has 1 unspecified atom stereocenters. The van der Waals surface area contributed by atoms with Gasteiger partial charge in [0.15, 0.2) is 0 Å². The minimum Gasteiger partial charge on any atom is -0.449 e. The second-order valence-corrected chi connectivity index (χ2v) is 5.36. The number of hydrazone groups is 1. The summed E-state index contributed by atoms with van der Waals surface area (Å²) in [5.74, 6) is 0. The molecule has 2 rings (SSSR count). The molecule has 6 nitrogen and oxygen atoms in total. The Balaban J connectivity index is 1.93. The Morgan fingerprint density at radius 1 is 1.58 bits per heavy atom. The van der Waals surface area contributed by atoms with Crippen molar-refractivity contribution in [2.75, 3.05) is 26.7 Å². The molecule has 0 aliphatic carbocycles. The second-order valence-electron chi connectivity index (χ2n) is 5.36. The van der Waals surface area contributed by atoms with Gasteiger partial charge in [0, 0.05) is 19.5 Å². The number of ether oxygens (including phenoxy) is 2. The number of hydrogen-bond donors (Lipinski definition) is 1. The van der Waals surface area contributed by atoms with Crippen molar-refractivity contribution in [3.05, 3.63) is 0 Å². The van der Waals surface area contributed by atoms with E-state index >= 15 is 0 Å². The molecule has 2 heterocycles. The fourth-order valence-corrected chi connectivity index (χ4v) is 2.69. The van der Waals surface area contributed by atoms with Crippen LogP contribution in [0.25, 0.3) is 0 Å². The first-order valence-electron chi connectivity index (χ1n) is 6.90. The number of carbonyl (C=O) groups is 1. The lowest BCUT2D eigenvalue weighted by Crippen LogP contribution is -2.42. The Labute approximate surface area is 114 Å². The molecule has 1 spiro atoms. The molecule has 6 heteroatoms. The molecular formula is C13H23N3O3. The second kappa shape index (κ2) is 5.88. The molecule has 2 aliphatic rings. The molecule has 1 N–H and O–H groups in total. The molecule has 0 aromatic rings. The maximum absolute atomic E-state index is 11.2. The first-order valence-corrected chi connectivity index (χ1v) is 6.90. The van der Waals surface area contributed by atoms with Crippen LogP contribution < -0.4 is 5.43 Å². The van der Waals surface area contributed by atoms with Gasteiger partial charge in [-0.2, -0.15) is 5.10 Å². The van der Waals surface area contributed by atoms with Crippen LogP contribution in [-0.4, -0.2) is 55.2 Å². The summed E-state index contributed by atoms with van der Waals surface area (Å²) >= 11 is 0. The highest BCUT2D eigenvalue weighted by molar-refractivity contribution is 5.91. The first kappa shape index (κ1) is 14.3. The number of likely N-dealkylation sites (tertiary alicyclic amines) is 1. The van der Waals surface area contributed by atoms with Crippen LogP contribution in [0.1, 0.15) is 33.1 Å². The Morgan fingerprint density at radius 2 is 2.26 bits per heavy atom. The maximum Gasteiger partial charge on any atom is 0.427 e. The van der Waals surface area contributed by atoms with E-state index in [9.17, 15) is 4.79 Å². The third kappa shape index (κ3) is 3.45. The summed E-state index contributed by atoms with van der Waals surface area (Å²) in [6, 6.07) is 0. The molecule has 2 aliphatic heterocycles. The summed E-state index contributed by atoms with van der Waals surface area (Å²) in [6.07, 6.45) is 2.30. The summed E-state index contributed by atoms with van der Waals surface area (Å²) in [5.41, 5.74) is 3.24. The molecule has 1 amide bonds. The van der Waals surface area contributed by atoms with E-state index in [0.29, 0.717) is 6.61 Å². The monoisotopic (exact) mass is 269 g/mol. The average molecular weight is 269 g/mol. The van der Waals surface area contributed by atoms with E-state index in [2.05, 4.69) is 22.5 Å². The molecule has 0 radical (unpaired) electrons. The van der Waals surface area contributed by atoms with E-state index in [1.807, 2.05) is 6.92 Å². The topological polar surface area (TPSA) is 63.2 Å². The molecule has 0 aromatic carbocycles. The number of piperidine rings is 1. The zero-order chi connectivity index (χ0) is 13.9. The first-order chi connectivity index (χ1) is 9.04. The zero-order valence-corrected chi connectivity index (χ0v) is 11.9. The van der Waals surface area contributed by atoms with Crippen LogP contribution in [0.3, 0.4) is 0 Å². The Hall–Kier alpha value is -1.14. The van der Waals surface area contributed by atoms with Crippen molar-refractivity contribution in [2.24, 2.45) is 5.10 Å². The van der Waals surface area contributed by atoms with Gasteiger partial charge in [0.1, 0.15) is 0 Å². The fraction of sp³-hybridized carbons (Fsp3) is 0.846. The van der Waals surface area contributed by atoms with E-state index in [1.165, 1.54) is 0 Å². The molecule has 19 heavy (non-hydrogen) atoms. The third-order valence-electron chi connectivity index (χ3n) is 3.86. The molecule has 108 valence electrons. The lowest BCUT2D eigenvalue weighted by atomic mass is 9.88. The number of rotatable bonds is 2. The minimum atomic E-state index is -0.508. The van der Waals surface area contributed by atoms with Crippen molar-refractivity contribution < 1.29 is 14.3 Å². The summed E-state index contributed by atoms with van der Waals surface area (Å²) in [6.45, 7) is 6.19. The predicted molar refractivity (Wildman–Crippen MR) is 72.2 cm³/mol. The normalized spacial score (nSPS) is 28.8. The molecule has 0 saturated carbocycles. The van der Waals surface area contributed by atoms with Gasteiger partial charge in [-0.05, 0) is 33.7 Å². The highest BCUT2D eigenvalue weighted by Crippen LogP contribution is 2.37. The molecule has 2 saturated heterocycles. The van der Waals surface area contributed by atoms with Crippen molar-refractivity contribution in [1.29, 1.82) is 0 Å².